The largest absolute Gasteiger partial charge is 0.467 e. The third-order valence-electron chi connectivity index (χ3n) is 3.40. The van der Waals surface area contributed by atoms with Crippen molar-refractivity contribution in [3.05, 3.63) is 12.7 Å². The average molecular weight is 267 g/mol. The van der Waals surface area contributed by atoms with Gasteiger partial charge in [0, 0.05) is 5.92 Å². The number of unbranched alkanes of at least 4 members (excludes halogenated alkanes) is 4. The van der Waals surface area contributed by atoms with Crippen LogP contribution in [-0.4, -0.2) is 25.0 Å². The van der Waals surface area contributed by atoms with Gasteiger partial charge in [-0.1, -0.05) is 25.3 Å². The van der Waals surface area contributed by atoms with Gasteiger partial charge in [-0.05, 0) is 32.1 Å². The average Bonchev–Trinajstić information content (AvgIpc) is 3.24. The van der Waals surface area contributed by atoms with Gasteiger partial charge in [0.1, 0.15) is 6.04 Å². The predicted molar refractivity (Wildman–Crippen MR) is 74.6 cm³/mol. The standard InChI is InChI=1S/C15H25NO3/c1-3-4-5-6-7-8-9-13(15(18)19-2)16-14(17)12-10-11-12/h3,12-13H,1,4-11H2,2H3,(H,16,17)/t13-/m1/s1. The van der Waals surface area contributed by atoms with Crippen LogP contribution in [0.3, 0.4) is 0 Å². The van der Waals surface area contributed by atoms with Gasteiger partial charge >= 0.3 is 5.97 Å². The summed E-state index contributed by atoms with van der Waals surface area (Å²) in [6, 6.07) is -0.475. The number of nitrogens with one attached hydrogen (secondary N) is 1. The fourth-order valence-corrected chi connectivity index (χ4v) is 2.02. The van der Waals surface area contributed by atoms with Crippen molar-refractivity contribution in [2.24, 2.45) is 5.92 Å². The minimum Gasteiger partial charge on any atom is -0.467 e. The lowest BCUT2D eigenvalue weighted by atomic mass is 10.1. The normalized spacial score (nSPS) is 15.6. The number of carbonyl (C=O) groups excluding carboxylic acids is 2. The van der Waals surface area contributed by atoms with Crippen LogP contribution in [0.4, 0.5) is 0 Å². The Morgan fingerprint density at radius 1 is 1.32 bits per heavy atom. The van der Waals surface area contributed by atoms with Gasteiger partial charge in [0.15, 0.2) is 0 Å². The zero-order valence-corrected chi connectivity index (χ0v) is 11.8. The molecule has 0 saturated heterocycles. The zero-order valence-electron chi connectivity index (χ0n) is 11.8. The summed E-state index contributed by atoms with van der Waals surface area (Å²) in [6.07, 6.45) is 9.80. The molecule has 1 fully saturated rings. The fraction of sp³-hybridized carbons (Fsp3) is 0.733. The molecule has 1 rings (SSSR count). The van der Waals surface area contributed by atoms with Crippen LogP contribution in [0.2, 0.25) is 0 Å². The first-order valence-electron chi connectivity index (χ1n) is 7.18. The zero-order chi connectivity index (χ0) is 14.1. The van der Waals surface area contributed by atoms with E-state index < -0.39 is 6.04 Å². The molecule has 1 amide bonds. The van der Waals surface area contributed by atoms with Gasteiger partial charge < -0.3 is 10.1 Å². The lowest BCUT2D eigenvalue weighted by Crippen LogP contribution is -2.42. The number of methoxy groups -OCH3 is 1. The van der Waals surface area contributed by atoms with E-state index in [1.807, 2.05) is 6.08 Å². The molecular weight excluding hydrogens is 242 g/mol. The Labute approximate surface area is 115 Å². The monoisotopic (exact) mass is 267 g/mol. The Bertz CT molecular complexity index is 311. The first-order chi connectivity index (χ1) is 9.19. The Hall–Kier alpha value is -1.32. The summed E-state index contributed by atoms with van der Waals surface area (Å²) in [5.41, 5.74) is 0. The molecule has 0 aromatic carbocycles. The predicted octanol–water partition coefficient (Wildman–Crippen LogP) is 2.58. The van der Waals surface area contributed by atoms with Crippen LogP contribution in [0, 0.1) is 5.92 Å². The highest BCUT2D eigenvalue weighted by atomic mass is 16.5. The number of amides is 1. The van der Waals surface area contributed by atoms with Crippen LogP contribution >= 0.6 is 0 Å². The van der Waals surface area contributed by atoms with Crippen molar-refractivity contribution in [3.8, 4) is 0 Å². The molecule has 1 aliphatic carbocycles. The summed E-state index contributed by atoms with van der Waals surface area (Å²) in [5.74, 6) is -0.207. The molecule has 0 unspecified atom stereocenters. The molecule has 0 aromatic heterocycles. The van der Waals surface area contributed by atoms with Crippen molar-refractivity contribution in [1.82, 2.24) is 5.32 Å². The first kappa shape index (κ1) is 15.7. The summed E-state index contributed by atoms with van der Waals surface area (Å²) >= 11 is 0. The molecule has 4 nitrogen and oxygen atoms in total. The molecule has 108 valence electrons. The summed E-state index contributed by atoms with van der Waals surface area (Å²) in [4.78, 5) is 23.3. The van der Waals surface area contributed by atoms with E-state index in [4.69, 9.17) is 4.74 Å². The number of rotatable bonds is 10. The minimum atomic E-state index is -0.475. The van der Waals surface area contributed by atoms with E-state index in [9.17, 15) is 9.59 Å². The summed E-state index contributed by atoms with van der Waals surface area (Å²) < 4.78 is 4.74. The van der Waals surface area contributed by atoms with Crippen LogP contribution < -0.4 is 5.32 Å². The maximum atomic E-state index is 11.7. The molecule has 4 heteroatoms. The second kappa shape index (κ2) is 8.73. The second-order valence-electron chi connectivity index (χ2n) is 5.14. The highest BCUT2D eigenvalue weighted by Crippen LogP contribution is 2.29. The third-order valence-corrected chi connectivity index (χ3v) is 3.40. The lowest BCUT2D eigenvalue weighted by Gasteiger charge is -2.16. The van der Waals surface area contributed by atoms with E-state index in [2.05, 4.69) is 11.9 Å². The van der Waals surface area contributed by atoms with Crippen molar-refractivity contribution in [3.63, 3.8) is 0 Å². The topological polar surface area (TPSA) is 55.4 Å². The first-order valence-corrected chi connectivity index (χ1v) is 7.18. The molecule has 1 atom stereocenters. The maximum absolute atomic E-state index is 11.7. The molecular formula is C15H25NO3. The number of hydrogen-bond donors (Lipinski definition) is 1. The van der Waals surface area contributed by atoms with Crippen LogP contribution in [0.25, 0.3) is 0 Å². The minimum absolute atomic E-state index is 0.00190. The highest BCUT2D eigenvalue weighted by molar-refractivity contribution is 5.86. The number of esters is 1. The van der Waals surface area contributed by atoms with E-state index in [1.165, 1.54) is 7.11 Å². The Morgan fingerprint density at radius 2 is 2.00 bits per heavy atom. The summed E-state index contributed by atoms with van der Waals surface area (Å²) in [5, 5.41) is 2.80. The van der Waals surface area contributed by atoms with Gasteiger partial charge in [0.2, 0.25) is 5.91 Å². The summed E-state index contributed by atoms with van der Waals surface area (Å²) in [6.45, 7) is 3.69. The molecule has 0 bridgehead atoms. The van der Waals surface area contributed by atoms with Gasteiger partial charge in [-0.15, -0.1) is 6.58 Å². The third kappa shape index (κ3) is 6.41. The molecule has 0 heterocycles. The Balaban J connectivity index is 2.22. The number of carbonyl (C=O) groups is 2. The number of hydrogen-bond acceptors (Lipinski definition) is 3. The van der Waals surface area contributed by atoms with Crippen LogP contribution in [-0.2, 0) is 14.3 Å². The van der Waals surface area contributed by atoms with E-state index in [0.29, 0.717) is 6.42 Å². The molecule has 19 heavy (non-hydrogen) atoms. The Morgan fingerprint density at radius 3 is 2.58 bits per heavy atom. The SMILES string of the molecule is C=CCCCCCC[C@@H](NC(=O)C1CC1)C(=O)OC. The molecule has 0 spiro atoms. The van der Waals surface area contributed by atoms with Crippen molar-refractivity contribution < 1.29 is 14.3 Å². The molecule has 1 aliphatic rings. The van der Waals surface area contributed by atoms with Gasteiger partial charge in [-0.25, -0.2) is 4.79 Å². The smallest absolute Gasteiger partial charge is 0.328 e. The van der Waals surface area contributed by atoms with Gasteiger partial charge in [-0.3, -0.25) is 4.79 Å². The van der Waals surface area contributed by atoms with Gasteiger partial charge in [0.05, 0.1) is 7.11 Å². The summed E-state index contributed by atoms with van der Waals surface area (Å²) in [7, 11) is 1.36. The molecule has 0 aromatic rings. The van der Waals surface area contributed by atoms with Crippen molar-refractivity contribution in [2.75, 3.05) is 7.11 Å². The van der Waals surface area contributed by atoms with Crippen LogP contribution in [0.5, 0.6) is 0 Å². The lowest BCUT2D eigenvalue weighted by molar-refractivity contribution is -0.145. The molecule has 1 saturated carbocycles. The fourth-order valence-electron chi connectivity index (χ4n) is 2.02. The number of allylic oxidation sites excluding steroid dienone is 1. The van der Waals surface area contributed by atoms with E-state index in [1.54, 1.807) is 0 Å². The van der Waals surface area contributed by atoms with Crippen LogP contribution in [0.15, 0.2) is 12.7 Å². The molecule has 1 N–H and O–H groups in total. The Kier molecular flexibility index (Phi) is 7.23. The maximum Gasteiger partial charge on any atom is 0.328 e. The number of ether oxygens (including phenoxy) is 1. The van der Waals surface area contributed by atoms with Crippen molar-refractivity contribution in [1.29, 1.82) is 0 Å². The van der Waals surface area contributed by atoms with Gasteiger partial charge in [0.25, 0.3) is 0 Å². The molecule has 0 aliphatic heterocycles. The van der Waals surface area contributed by atoms with Crippen molar-refractivity contribution >= 4 is 11.9 Å². The van der Waals surface area contributed by atoms with Gasteiger partial charge in [-0.2, -0.15) is 0 Å². The van der Waals surface area contributed by atoms with E-state index in [0.717, 1.165) is 44.9 Å². The second-order valence-corrected chi connectivity index (χ2v) is 5.14. The van der Waals surface area contributed by atoms with E-state index >= 15 is 0 Å². The molecule has 0 radical (unpaired) electrons. The highest BCUT2D eigenvalue weighted by Gasteiger charge is 2.32. The quantitative estimate of drug-likeness (QED) is 0.376. The van der Waals surface area contributed by atoms with Crippen molar-refractivity contribution in [2.45, 2.75) is 57.4 Å². The van der Waals surface area contributed by atoms with E-state index in [-0.39, 0.29) is 17.8 Å². The van der Waals surface area contributed by atoms with Crippen LogP contribution in [0.1, 0.15) is 51.4 Å².